The molecule has 0 atom stereocenters. The second-order valence-electron chi connectivity index (χ2n) is 6.78. The Balaban J connectivity index is 1.72. The first-order valence-corrected chi connectivity index (χ1v) is 10.5. The summed E-state index contributed by atoms with van der Waals surface area (Å²) in [5.74, 6) is -0.516. The van der Waals surface area contributed by atoms with E-state index in [2.05, 4.69) is 10.4 Å². The Morgan fingerprint density at radius 1 is 1.14 bits per heavy atom. The number of nitrogens with one attached hydrogen (secondary N) is 1. The van der Waals surface area contributed by atoms with Gasteiger partial charge in [-0.1, -0.05) is 12.1 Å². The van der Waals surface area contributed by atoms with E-state index in [1.165, 1.54) is 21.3 Å². The number of nitrogens with zero attached hydrogens (tertiary/aromatic N) is 4. The van der Waals surface area contributed by atoms with Gasteiger partial charge in [-0.15, -0.1) is 0 Å². The number of hydrogen-bond donors (Lipinski definition) is 1. The average Bonchev–Trinajstić information content (AvgIpc) is 2.82. The highest BCUT2D eigenvalue weighted by atomic mass is 32.2. The van der Waals surface area contributed by atoms with E-state index in [9.17, 15) is 17.6 Å². The molecule has 1 fully saturated rings. The molecule has 8 nitrogen and oxygen atoms in total. The lowest BCUT2D eigenvalue weighted by molar-refractivity contribution is 0.214. The summed E-state index contributed by atoms with van der Waals surface area (Å²) in [6.45, 7) is 4.47. The van der Waals surface area contributed by atoms with Crippen molar-refractivity contribution in [2.45, 2.75) is 25.2 Å². The number of para-hydroxylation sites is 1. The van der Waals surface area contributed by atoms with Gasteiger partial charge in [0.2, 0.25) is 10.0 Å². The summed E-state index contributed by atoms with van der Waals surface area (Å²) in [5.41, 5.74) is 1.14. The molecule has 0 bridgehead atoms. The van der Waals surface area contributed by atoms with Crippen molar-refractivity contribution in [1.82, 2.24) is 19.0 Å². The van der Waals surface area contributed by atoms with Crippen LogP contribution in [0.4, 0.5) is 14.9 Å². The quantitative estimate of drug-likeness (QED) is 0.841. The van der Waals surface area contributed by atoms with Gasteiger partial charge in [0.1, 0.15) is 10.7 Å². The molecule has 1 aliphatic heterocycles. The number of hydrogen-bond acceptors (Lipinski definition) is 4. The Morgan fingerprint density at radius 2 is 1.86 bits per heavy atom. The van der Waals surface area contributed by atoms with E-state index >= 15 is 0 Å². The van der Waals surface area contributed by atoms with Crippen molar-refractivity contribution in [3.8, 4) is 0 Å². The zero-order chi connectivity index (χ0) is 20.5. The summed E-state index contributed by atoms with van der Waals surface area (Å²) in [4.78, 5) is 14.2. The monoisotopic (exact) mass is 409 g/mol. The molecule has 1 aromatic carbocycles. The number of rotatable bonds is 3. The molecule has 0 saturated carbocycles. The van der Waals surface area contributed by atoms with E-state index in [0.717, 1.165) is 0 Å². The predicted molar refractivity (Wildman–Crippen MR) is 103 cm³/mol. The van der Waals surface area contributed by atoms with Gasteiger partial charge in [-0.3, -0.25) is 4.68 Å². The Morgan fingerprint density at radius 3 is 2.50 bits per heavy atom. The van der Waals surface area contributed by atoms with Crippen LogP contribution in [0.1, 0.15) is 17.8 Å². The second-order valence-corrected chi connectivity index (χ2v) is 8.65. The van der Waals surface area contributed by atoms with Crippen LogP contribution in [0.2, 0.25) is 0 Å². The van der Waals surface area contributed by atoms with Gasteiger partial charge in [-0.25, -0.2) is 17.6 Å². The lowest BCUT2D eigenvalue weighted by atomic mass is 10.3. The van der Waals surface area contributed by atoms with Crippen molar-refractivity contribution in [2.75, 3.05) is 31.5 Å². The van der Waals surface area contributed by atoms with E-state index in [0.29, 0.717) is 30.9 Å². The summed E-state index contributed by atoms with van der Waals surface area (Å²) < 4.78 is 42.9. The third-order valence-corrected chi connectivity index (χ3v) is 7.05. The molecule has 0 spiro atoms. The van der Waals surface area contributed by atoms with Gasteiger partial charge >= 0.3 is 6.03 Å². The number of urea groups is 1. The van der Waals surface area contributed by atoms with Gasteiger partial charge in [0.25, 0.3) is 0 Å². The standard InChI is InChI=1S/C18H24FN5O3S/c1-13-17(14(2)22(3)21-13)28(26,27)24-10-6-9-23(11-12-24)18(25)20-16-8-5-4-7-15(16)19/h4-5,7-8H,6,9-12H2,1-3H3,(H,20,25). The Hall–Kier alpha value is -2.46. The minimum absolute atomic E-state index is 0.0998. The summed E-state index contributed by atoms with van der Waals surface area (Å²) in [6.07, 6.45) is 0.488. The van der Waals surface area contributed by atoms with Crippen molar-refractivity contribution in [1.29, 1.82) is 0 Å². The number of sulfonamides is 1. The van der Waals surface area contributed by atoms with Gasteiger partial charge in [-0.2, -0.15) is 9.40 Å². The molecule has 2 amide bonds. The number of carbonyl (C=O) groups is 1. The Kier molecular flexibility index (Phi) is 5.71. The number of halogens is 1. The third-order valence-electron chi connectivity index (χ3n) is 4.90. The molecule has 1 N–H and O–H groups in total. The molecule has 152 valence electrons. The molecule has 3 rings (SSSR count). The molecule has 0 unspecified atom stereocenters. The highest BCUT2D eigenvalue weighted by Gasteiger charge is 2.32. The Bertz CT molecular complexity index is 989. The van der Waals surface area contributed by atoms with Crippen LogP contribution in [0.3, 0.4) is 0 Å². The SMILES string of the molecule is Cc1nn(C)c(C)c1S(=O)(=O)N1CCCN(C(=O)Nc2ccccc2F)CC1. The van der Waals surface area contributed by atoms with Crippen LogP contribution in [0, 0.1) is 19.7 Å². The van der Waals surface area contributed by atoms with Crippen molar-refractivity contribution < 1.29 is 17.6 Å². The number of amides is 2. The number of aromatic nitrogens is 2. The highest BCUT2D eigenvalue weighted by molar-refractivity contribution is 7.89. The summed E-state index contributed by atoms with van der Waals surface area (Å²) in [7, 11) is -2.00. The molecule has 1 aliphatic rings. The molecule has 1 saturated heterocycles. The maximum atomic E-state index is 13.8. The van der Waals surface area contributed by atoms with Gasteiger partial charge in [-0.05, 0) is 32.4 Å². The van der Waals surface area contributed by atoms with Crippen LogP contribution in [-0.4, -0.2) is 59.6 Å². The van der Waals surface area contributed by atoms with Gasteiger partial charge in [0.15, 0.2) is 0 Å². The first-order valence-electron chi connectivity index (χ1n) is 9.02. The lowest BCUT2D eigenvalue weighted by Gasteiger charge is -2.22. The van der Waals surface area contributed by atoms with Crippen LogP contribution in [0.5, 0.6) is 0 Å². The molecule has 0 radical (unpaired) electrons. The van der Waals surface area contributed by atoms with Crippen molar-refractivity contribution in [2.24, 2.45) is 7.05 Å². The fraction of sp³-hybridized carbons (Fsp3) is 0.444. The normalized spacial score (nSPS) is 16.1. The molecule has 10 heteroatoms. The molecule has 0 aliphatic carbocycles. The minimum atomic E-state index is -3.71. The molecular formula is C18H24FN5O3S. The van der Waals surface area contributed by atoms with Crippen LogP contribution in [0.25, 0.3) is 0 Å². The number of carbonyl (C=O) groups excluding carboxylic acids is 1. The molecular weight excluding hydrogens is 385 g/mol. The van der Waals surface area contributed by atoms with Gasteiger partial charge < -0.3 is 10.2 Å². The number of anilines is 1. The summed E-state index contributed by atoms with van der Waals surface area (Å²) >= 11 is 0. The maximum Gasteiger partial charge on any atom is 0.321 e. The highest BCUT2D eigenvalue weighted by Crippen LogP contribution is 2.24. The van der Waals surface area contributed by atoms with Crippen LogP contribution in [0.15, 0.2) is 29.2 Å². The second kappa shape index (κ2) is 7.88. The Labute approximate surface area is 164 Å². The van der Waals surface area contributed by atoms with Crippen LogP contribution in [-0.2, 0) is 17.1 Å². The molecule has 28 heavy (non-hydrogen) atoms. The summed E-state index contributed by atoms with van der Waals surface area (Å²) in [5, 5.41) is 6.74. The van der Waals surface area contributed by atoms with Crippen LogP contribution < -0.4 is 5.32 Å². The first kappa shape index (κ1) is 20.3. The van der Waals surface area contributed by atoms with E-state index < -0.39 is 21.9 Å². The fourth-order valence-electron chi connectivity index (χ4n) is 3.35. The van der Waals surface area contributed by atoms with E-state index in [-0.39, 0.29) is 23.7 Å². The zero-order valence-electron chi connectivity index (χ0n) is 16.1. The smallest absolute Gasteiger partial charge is 0.321 e. The minimum Gasteiger partial charge on any atom is -0.323 e. The number of aryl methyl sites for hydroxylation is 2. The van der Waals surface area contributed by atoms with Crippen LogP contribution >= 0.6 is 0 Å². The fourth-order valence-corrected chi connectivity index (χ4v) is 5.22. The van der Waals surface area contributed by atoms with Gasteiger partial charge in [0.05, 0.1) is 17.1 Å². The largest absolute Gasteiger partial charge is 0.323 e. The molecule has 1 aromatic heterocycles. The first-order chi connectivity index (χ1) is 13.2. The van der Waals surface area contributed by atoms with Crippen molar-refractivity contribution in [3.63, 3.8) is 0 Å². The van der Waals surface area contributed by atoms with Gasteiger partial charge in [0, 0.05) is 33.2 Å². The topological polar surface area (TPSA) is 87.5 Å². The predicted octanol–water partition coefficient (Wildman–Crippen LogP) is 2.10. The number of benzene rings is 1. The average molecular weight is 409 g/mol. The van der Waals surface area contributed by atoms with Crippen molar-refractivity contribution >= 4 is 21.7 Å². The van der Waals surface area contributed by atoms with E-state index in [1.54, 1.807) is 37.7 Å². The third kappa shape index (κ3) is 3.88. The lowest BCUT2D eigenvalue weighted by Crippen LogP contribution is -2.39. The van der Waals surface area contributed by atoms with E-state index in [1.807, 2.05) is 0 Å². The van der Waals surface area contributed by atoms with Crippen molar-refractivity contribution in [3.05, 3.63) is 41.5 Å². The zero-order valence-corrected chi connectivity index (χ0v) is 17.0. The summed E-state index contributed by atoms with van der Waals surface area (Å²) in [6, 6.07) is 5.48. The molecule has 2 aromatic rings. The maximum absolute atomic E-state index is 13.8. The van der Waals surface area contributed by atoms with E-state index in [4.69, 9.17) is 0 Å². The molecule has 2 heterocycles.